The van der Waals surface area contributed by atoms with E-state index in [0.29, 0.717) is 17.9 Å². The Balaban J connectivity index is 1.57. The number of hydrogen-bond acceptors (Lipinski definition) is 3. The molecule has 0 atom stereocenters. The van der Waals surface area contributed by atoms with Gasteiger partial charge in [-0.15, -0.1) is 0 Å². The quantitative estimate of drug-likeness (QED) is 0.641. The number of nitrogens with one attached hydrogen (secondary N) is 1. The summed E-state index contributed by atoms with van der Waals surface area (Å²) < 4.78 is 7.02. The van der Waals surface area contributed by atoms with Gasteiger partial charge in [0.1, 0.15) is 0 Å². The molecule has 0 saturated heterocycles. The third-order valence-electron chi connectivity index (χ3n) is 4.51. The Morgan fingerprint density at radius 3 is 2.54 bits per heavy atom. The smallest absolute Gasteiger partial charge is 0.338 e. The van der Waals surface area contributed by atoms with Crippen molar-refractivity contribution in [2.45, 2.75) is 45.6 Å². The molecule has 0 bridgehead atoms. The highest BCUT2D eigenvalue weighted by molar-refractivity contribution is 5.92. The summed E-state index contributed by atoms with van der Waals surface area (Å²) in [6, 6.07) is 8.90. The molecule has 0 saturated carbocycles. The number of aryl methyl sites for hydroxylation is 2. The van der Waals surface area contributed by atoms with Crippen LogP contribution in [0.3, 0.4) is 0 Å². The van der Waals surface area contributed by atoms with Crippen LogP contribution in [0.2, 0.25) is 0 Å². The van der Waals surface area contributed by atoms with Crippen molar-refractivity contribution in [3.8, 4) is 0 Å². The van der Waals surface area contributed by atoms with Crippen LogP contribution in [-0.2, 0) is 28.9 Å². The number of anilines is 1. The van der Waals surface area contributed by atoms with Crippen molar-refractivity contribution < 1.29 is 18.9 Å². The van der Waals surface area contributed by atoms with E-state index < -0.39 is 0 Å². The van der Waals surface area contributed by atoms with Crippen molar-refractivity contribution in [2.75, 3.05) is 11.9 Å². The van der Waals surface area contributed by atoms with Crippen LogP contribution in [0.5, 0.6) is 0 Å². The van der Waals surface area contributed by atoms with Gasteiger partial charge >= 0.3 is 5.97 Å². The molecule has 0 spiro atoms. The third kappa shape index (κ3) is 4.69. The molecular formula is C21H25N2O3+. The maximum atomic E-state index is 12.3. The van der Waals surface area contributed by atoms with E-state index in [-0.39, 0.29) is 18.4 Å². The Bertz CT molecular complexity index is 784. The highest BCUT2D eigenvalue weighted by atomic mass is 16.5. The SMILES string of the molecule is CCCOC(=O)c1ccc(NC(=O)C[n+]2ccc3c(c2)CCCC3)cc1. The molecule has 0 fully saturated rings. The number of amides is 1. The summed E-state index contributed by atoms with van der Waals surface area (Å²) in [6.07, 6.45) is 9.54. The van der Waals surface area contributed by atoms with Gasteiger partial charge in [-0.2, -0.15) is 4.57 Å². The minimum absolute atomic E-state index is 0.0907. The molecule has 3 rings (SSSR count). The number of hydrogen-bond donors (Lipinski definition) is 1. The minimum atomic E-state index is -0.339. The summed E-state index contributed by atoms with van der Waals surface area (Å²) in [5, 5.41) is 2.87. The lowest BCUT2D eigenvalue weighted by molar-refractivity contribution is -0.684. The molecule has 1 amide bonds. The molecule has 1 aromatic carbocycles. The van der Waals surface area contributed by atoms with E-state index in [2.05, 4.69) is 17.6 Å². The molecule has 2 aromatic rings. The van der Waals surface area contributed by atoms with Crippen LogP contribution >= 0.6 is 0 Å². The van der Waals surface area contributed by atoms with Crippen LogP contribution in [-0.4, -0.2) is 18.5 Å². The fraction of sp³-hybridized carbons (Fsp3) is 0.381. The Kier molecular flexibility index (Phi) is 6.00. The number of carbonyl (C=O) groups excluding carboxylic acids is 2. The van der Waals surface area contributed by atoms with Gasteiger partial charge < -0.3 is 10.1 Å². The zero-order chi connectivity index (χ0) is 18.4. The van der Waals surface area contributed by atoms with Gasteiger partial charge in [0, 0.05) is 17.3 Å². The van der Waals surface area contributed by atoms with Crippen LogP contribution in [0, 0.1) is 0 Å². The topological polar surface area (TPSA) is 59.3 Å². The summed E-state index contributed by atoms with van der Waals surface area (Å²) in [7, 11) is 0. The Morgan fingerprint density at radius 2 is 1.81 bits per heavy atom. The predicted molar refractivity (Wildman–Crippen MR) is 98.9 cm³/mol. The molecule has 0 radical (unpaired) electrons. The van der Waals surface area contributed by atoms with Crippen molar-refractivity contribution >= 4 is 17.6 Å². The number of benzene rings is 1. The van der Waals surface area contributed by atoms with Crippen LogP contribution in [0.1, 0.15) is 47.7 Å². The predicted octanol–water partition coefficient (Wildman–Crippen LogP) is 3.06. The lowest BCUT2D eigenvalue weighted by Gasteiger charge is -2.13. The zero-order valence-corrected chi connectivity index (χ0v) is 15.2. The zero-order valence-electron chi connectivity index (χ0n) is 15.2. The van der Waals surface area contributed by atoms with E-state index in [1.54, 1.807) is 24.3 Å². The molecule has 5 nitrogen and oxygen atoms in total. The van der Waals surface area contributed by atoms with Crippen molar-refractivity contribution in [1.29, 1.82) is 0 Å². The number of nitrogens with zero attached hydrogens (tertiary/aromatic N) is 1. The highest BCUT2D eigenvalue weighted by Crippen LogP contribution is 2.18. The van der Waals surface area contributed by atoms with E-state index in [1.807, 2.05) is 17.7 Å². The first kappa shape index (κ1) is 18.1. The molecule has 5 heteroatoms. The molecule has 1 aromatic heterocycles. The van der Waals surface area contributed by atoms with Crippen LogP contribution in [0.15, 0.2) is 42.7 Å². The van der Waals surface area contributed by atoms with Gasteiger partial charge in [-0.25, -0.2) is 4.79 Å². The molecule has 26 heavy (non-hydrogen) atoms. The second kappa shape index (κ2) is 8.61. The molecule has 0 aliphatic heterocycles. The second-order valence-electron chi connectivity index (χ2n) is 6.64. The van der Waals surface area contributed by atoms with Crippen molar-refractivity contribution in [1.82, 2.24) is 0 Å². The third-order valence-corrected chi connectivity index (χ3v) is 4.51. The van der Waals surface area contributed by atoms with Gasteiger partial charge in [0.05, 0.1) is 12.2 Å². The number of esters is 1. The monoisotopic (exact) mass is 353 g/mol. The summed E-state index contributed by atoms with van der Waals surface area (Å²) >= 11 is 0. The molecule has 1 heterocycles. The number of fused-ring (bicyclic) bond motifs is 1. The van der Waals surface area contributed by atoms with Crippen molar-refractivity contribution in [3.05, 3.63) is 59.4 Å². The lowest BCUT2D eigenvalue weighted by Crippen LogP contribution is -2.40. The number of pyridine rings is 1. The molecule has 1 aliphatic carbocycles. The standard InChI is InChI=1S/C21H24N2O3/c1-2-13-26-21(25)17-7-9-19(10-8-17)22-20(24)15-23-12-11-16-5-3-4-6-18(16)14-23/h7-12,14H,2-6,13,15H2,1H3/p+1. The van der Waals surface area contributed by atoms with E-state index in [1.165, 1.54) is 24.0 Å². The van der Waals surface area contributed by atoms with E-state index in [4.69, 9.17) is 4.74 Å². The van der Waals surface area contributed by atoms with E-state index >= 15 is 0 Å². The summed E-state index contributed by atoms with van der Waals surface area (Å²) in [5.41, 5.74) is 3.90. The van der Waals surface area contributed by atoms with Crippen molar-refractivity contribution in [2.24, 2.45) is 0 Å². The highest BCUT2D eigenvalue weighted by Gasteiger charge is 2.16. The number of aromatic nitrogens is 1. The largest absolute Gasteiger partial charge is 0.462 e. The first-order valence-electron chi connectivity index (χ1n) is 9.23. The minimum Gasteiger partial charge on any atom is -0.462 e. The lowest BCUT2D eigenvalue weighted by atomic mass is 9.93. The summed E-state index contributed by atoms with van der Waals surface area (Å²) in [5.74, 6) is -0.429. The average Bonchev–Trinajstić information content (AvgIpc) is 2.66. The Morgan fingerprint density at radius 1 is 1.08 bits per heavy atom. The van der Waals surface area contributed by atoms with Crippen molar-refractivity contribution in [3.63, 3.8) is 0 Å². The number of carbonyl (C=O) groups is 2. The summed E-state index contributed by atoms with van der Waals surface area (Å²) in [4.78, 5) is 24.1. The molecule has 1 N–H and O–H groups in total. The van der Waals surface area contributed by atoms with Crippen LogP contribution in [0.4, 0.5) is 5.69 Å². The Labute approximate surface area is 154 Å². The van der Waals surface area contributed by atoms with E-state index in [0.717, 1.165) is 19.3 Å². The maximum Gasteiger partial charge on any atom is 0.338 e. The maximum absolute atomic E-state index is 12.3. The van der Waals surface area contributed by atoms with Crippen LogP contribution in [0.25, 0.3) is 0 Å². The number of rotatable bonds is 6. The van der Waals surface area contributed by atoms with Gasteiger partial charge in [0.15, 0.2) is 12.4 Å². The molecule has 136 valence electrons. The average molecular weight is 353 g/mol. The van der Waals surface area contributed by atoms with Gasteiger partial charge in [-0.1, -0.05) is 6.92 Å². The molecule has 0 unspecified atom stereocenters. The van der Waals surface area contributed by atoms with Gasteiger partial charge in [-0.3, -0.25) is 4.79 Å². The summed E-state index contributed by atoms with van der Waals surface area (Å²) in [6.45, 7) is 2.63. The second-order valence-corrected chi connectivity index (χ2v) is 6.64. The van der Waals surface area contributed by atoms with Gasteiger partial charge in [0.25, 0.3) is 5.91 Å². The fourth-order valence-electron chi connectivity index (χ4n) is 3.15. The molecular weight excluding hydrogens is 328 g/mol. The Hall–Kier alpha value is -2.69. The first-order valence-corrected chi connectivity index (χ1v) is 9.23. The molecule has 1 aliphatic rings. The normalized spacial score (nSPS) is 13.0. The first-order chi connectivity index (χ1) is 12.7. The van der Waals surface area contributed by atoms with Crippen LogP contribution < -0.4 is 9.88 Å². The van der Waals surface area contributed by atoms with Gasteiger partial charge in [-0.05, 0) is 61.9 Å². The number of ether oxygens (including phenoxy) is 1. The fourth-order valence-corrected chi connectivity index (χ4v) is 3.15. The van der Waals surface area contributed by atoms with E-state index in [9.17, 15) is 9.59 Å². The van der Waals surface area contributed by atoms with Gasteiger partial charge in [0.2, 0.25) is 6.54 Å².